The molecule has 0 saturated heterocycles. The van der Waals surface area contributed by atoms with Gasteiger partial charge in [-0.05, 0) is 25.5 Å². The van der Waals surface area contributed by atoms with Gasteiger partial charge >= 0.3 is 0 Å². The molecule has 0 atom stereocenters. The maximum absolute atomic E-state index is 12.0. The fourth-order valence-corrected chi connectivity index (χ4v) is 2.99. The molecular formula is C22H35NO2. The maximum atomic E-state index is 12.0. The molecule has 1 amide bonds. The van der Waals surface area contributed by atoms with E-state index in [9.17, 15) is 9.59 Å². The lowest BCUT2D eigenvalue weighted by Crippen LogP contribution is -2.11. The first-order valence-electron chi connectivity index (χ1n) is 10.0. The number of carbonyl (C=O) groups is 2. The van der Waals surface area contributed by atoms with Crippen LogP contribution in [-0.2, 0) is 4.79 Å². The number of hydrogen-bond acceptors (Lipinski definition) is 2. The topological polar surface area (TPSA) is 46.2 Å². The molecule has 0 unspecified atom stereocenters. The van der Waals surface area contributed by atoms with Crippen molar-refractivity contribution in [3.8, 4) is 0 Å². The standard InChI is InChI=1S/C22H35NO2/c1-3-4-5-6-7-8-9-10-11-12-13-17-22(25)23-21-16-14-15-20(18-21)19(2)24/h14-16,18H,3-13,17H2,1-2H3,(H,23,25). The number of ketones is 1. The van der Waals surface area contributed by atoms with Crippen LogP contribution in [0.1, 0.15) is 101 Å². The molecule has 3 heteroatoms. The lowest BCUT2D eigenvalue weighted by Gasteiger charge is -2.06. The van der Waals surface area contributed by atoms with Crippen molar-refractivity contribution in [2.24, 2.45) is 0 Å². The van der Waals surface area contributed by atoms with E-state index in [1.807, 2.05) is 6.07 Å². The van der Waals surface area contributed by atoms with E-state index < -0.39 is 0 Å². The minimum Gasteiger partial charge on any atom is -0.326 e. The van der Waals surface area contributed by atoms with Crippen molar-refractivity contribution in [2.75, 3.05) is 5.32 Å². The summed E-state index contributed by atoms with van der Waals surface area (Å²) in [6.07, 6.45) is 14.7. The van der Waals surface area contributed by atoms with Crippen molar-refractivity contribution in [1.29, 1.82) is 0 Å². The molecule has 25 heavy (non-hydrogen) atoms. The first kappa shape index (κ1) is 21.4. The normalized spacial score (nSPS) is 10.6. The fourth-order valence-electron chi connectivity index (χ4n) is 2.99. The average molecular weight is 346 g/mol. The van der Waals surface area contributed by atoms with Gasteiger partial charge < -0.3 is 5.32 Å². The van der Waals surface area contributed by atoms with Crippen LogP contribution < -0.4 is 5.32 Å². The highest BCUT2D eigenvalue weighted by Crippen LogP contribution is 2.14. The van der Waals surface area contributed by atoms with Crippen LogP contribution in [0.15, 0.2) is 24.3 Å². The van der Waals surface area contributed by atoms with Gasteiger partial charge in [0.05, 0.1) is 0 Å². The number of hydrogen-bond donors (Lipinski definition) is 1. The number of rotatable bonds is 14. The van der Waals surface area contributed by atoms with Gasteiger partial charge in [0.15, 0.2) is 5.78 Å². The molecule has 0 aliphatic carbocycles. The van der Waals surface area contributed by atoms with Crippen molar-refractivity contribution < 1.29 is 9.59 Å². The van der Waals surface area contributed by atoms with Gasteiger partial charge in [-0.1, -0.05) is 83.3 Å². The van der Waals surface area contributed by atoms with E-state index in [-0.39, 0.29) is 11.7 Å². The Hall–Kier alpha value is -1.64. The van der Waals surface area contributed by atoms with Gasteiger partial charge in [0.25, 0.3) is 0 Å². The average Bonchev–Trinajstić information content (AvgIpc) is 2.60. The van der Waals surface area contributed by atoms with Gasteiger partial charge in [-0.25, -0.2) is 0 Å². The van der Waals surface area contributed by atoms with Crippen LogP contribution in [0.5, 0.6) is 0 Å². The van der Waals surface area contributed by atoms with Crippen molar-refractivity contribution >= 4 is 17.4 Å². The third kappa shape index (κ3) is 10.8. The molecule has 0 bridgehead atoms. The molecule has 1 aromatic rings. The molecule has 0 radical (unpaired) electrons. The minimum atomic E-state index is 0.0152. The van der Waals surface area contributed by atoms with E-state index >= 15 is 0 Å². The zero-order valence-corrected chi connectivity index (χ0v) is 16.1. The third-order valence-corrected chi connectivity index (χ3v) is 4.56. The van der Waals surface area contributed by atoms with Crippen LogP contribution in [0.4, 0.5) is 5.69 Å². The third-order valence-electron chi connectivity index (χ3n) is 4.56. The number of amides is 1. The Morgan fingerprint density at radius 2 is 1.40 bits per heavy atom. The Labute approximate surface area is 153 Å². The highest BCUT2D eigenvalue weighted by Gasteiger charge is 2.04. The number of carbonyl (C=O) groups excluding carboxylic acids is 2. The zero-order chi connectivity index (χ0) is 18.3. The van der Waals surface area contributed by atoms with Crippen LogP contribution in [0.3, 0.4) is 0 Å². The Morgan fingerprint density at radius 3 is 1.96 bits per heavy atom. The molecule has 0 saturated carbocycles. The second-order valence-corrected chi connectivity index (χ2v) is 6.97. The fraction of sp³-hybridized carbons (Fsp3) is 0.636. The minimum absolute atomic E-state index is 0.0152. The number of unbranched alkanes of at least 4 members (excludes halogenated alkanes) is 10. The quantitative estimate of drug-likeness (QED) is 0.308. The summed E-state index contributed by atoms with van der Waals surface area (Å²) in [6.45, 7) is 3.79. The first-order valence-corrected chi connectivity index (χ1v) is 10.0. The van der Waals surface area contributed by atoms with Crippen LogP contribution >= 0.6 is 0 Å². The number of benzene rings is 1. The smallest absolute Gasteiger partial charge is 0.224 e. The van der Waals surface area contributed by atoms with Gasteiger partial charge in [-0.3, -0.25) is 9.59 Å². The summed E-state index contributed by atoms with van der Waals surface area (Å²) in [5.41, 5.74) is 1.34. The summed E-state index contributed by atoms with van der Waals surface area (Å²) in [6, 6.07) is 7.13. The van der Waals surface area contributed by atoms with E-state index in [4.69, 9.17) is 0 Å². The van der Waals surface area contributed by atoms with Crippen LogP contribution in [-0.4, -0.2) is 11.7 Å². The molecule has 1 rings (SSSR count). The van der Waals surface area contributed by atoms with E-state index in [0.29, 0.717) is 17.7 Å². The van der Waals surface area contributed by atoms with E-state index in [1.54, 1.807) is 18.2 Å². The van der Waals surface area contributed by atoms with Gasteiger partial charge in [0.2, 0.25) is 5.91 Å². The highest BCUT2D eigenvalue weighted by molar-refractivity contribution is 5.97. The molecule has 0 fully saturated rings. The summed E-state index contributed by atoms with van der Waals surface area (Å²) in [5.74, 6) is 0.0538. The SMILES string of the molecule is CCCCCCCCCCCCCC(=O)Nc1cccc(C(C)=O)c1. The van der Waals surface area contributed by atoms with Crippen LogP contribution in [0, 0.1) is 0 Å². The largest absolute Gasteiger partial charge is 0.326 e. The second-order valence-electron chi connectivity index (χ2n) is 6.97. The molecule has 0 aliphatic rings. The highest BCUT2D eigenvalue weighted by atomic mass is 16.1. The summed E-state index contributed by atoms with van der Waals surface area (Å²) in [5, 5.41) is 2.88. The predicted octanol–water partition coefficient (Wildman–Crippen LogP) is 6.53. The van der Waals surface area contributed by atoms with Crippen molar-refractivity contribution in [1.82, 2.24) is 0 Å². The number of Topliss-reactive ketones (excluding diaryl/α,β-unsaturated/α-hetero) is 1. The lowest BCUT2D eigenvalue weighted by molar-refractivity contribution is -0.116. The number of nitrogens with one attached hydrogen (secondary N) is 1. The summed E-state index contributed by atoms with van der Waals surface area (Å²) < 4.78 is 0. The molecule has 0 aromatic heterocycles. The molecule has 0 heterocycles. The van der Waals surface area contributed by atoms with Crippen molar-refractivity contribution in [3.63, 3.8) is 0 Å². The van der Waals surface area contributed by atoms with E-state index in [2.05, 4.69) is 12.2 Å². The Bertz CT molecular complexity index is 511. The van der Waals surface area contributed by atoms with Crippen LogP contribution in [0.2, 0.25) is 0 Å². The maximum Gasteiger partial charge on any atom is 0.224 e. The molecule has 140 valence electrons. The summed E-state index contributed by atoms with van der Waals surface area (Å²) in [7, 11) is 0. The second kappa shape index (κ2) is 13.6. The molecule has 0 spiro atoms. The molecular weight excluding hydrogens is 310 g/mol. The van der Waals surface area contributed by atoms with Crippen molar-refractivity contribution in [3.05, 3.63) is 29.8 Å². The van der Waals surface area contributed by atoms with Gasteiger partial charge in [-0.2, -0.15) is 0 Å². The van der Waals surface area contributed by atoms with Crippen LogP contribution in [0.25, 0.3) is 0 Å². The van der Waals surface area contributed by atoms with Gasteiger partial charge in [0.1, 0.15) is 0 Å². The monoisotopic (exact) mass is 345 g/mol. The van der Waals surface area contributed by atoms with Crippen molar-refractivity contribution in [2.45, 2.75) is 90.9 Å². The summed E-state index contributed by atoms with van der Waals surface area (Å²) >= 11 is 0. The number of anilines is 1. The Morgan fingerprint density at radius 1 is 0.840 bits per heavy atom. The van der Waals surface area contributed by atoms with E-state index in [1.165, 1.54) is 64.7 Å². The van der Waals surface area contributed by atoms with Gasteiger partial charge in [0, 0.05) is 17.7 Å². The molecule has 1 aromatic carbocycles. The predicted molar refractivity (Wildman–Crippen MR) is 106 cm³/mol. The van der Waals surface area contributed by atoms with Gasteiger partial charge in [-0.15, -0.1) is 0 Å². The Kier molecular flexibility index (Phi) is 11.7. The van der Waals surface area contributed by atoms with E-state index in [0.717, 1.165) is 12.8 Å². The lowest BCUT2D eigenvalue weighted by atomic mass is 10.1. The molecule has 0 aliphatic heterocycles. The Balaban J connectivity index is 2.02. The zero-order valence-electron chi connectivity index (χ0n) is 16.1. The summed E-state index contributed by atoms with van der Waals surface area (Å²) in [4.78, 5) is 23.3. The first-order chi connectivity index (χ1) is 12.1. The molecule has 3 nitrogen and oxygen atoms in total. The molecule has 1 N–H and O–H groups in total.